The van der Waals surface area contributed by atoms with E-state index in [-0.39, 0.29) is 5.69 Å². The van der Waals surface area contributed by atoms with Crippen molar-refractivity contribution in [2.75, 3.05) is 0 Å². The molecule has 0 N–H and O–H groups in total. The molecular weight excluding hydrogens is 352 g/mol. The molecule has 0 radical (unpaired) electrons. The van der Waals surface area contributed by atoms with Crippen molar-refractivity contribution in [3.8, 4) is 11.4 Å². The number of hydrogen-bond donors (Lipinski definition) is 0. The van der Waals surface area contributed by atoms with Gasteiger partial charge in [0.05, 0.1) is 22.4 Å². The number of benzene rings is 3. The van der Waals surface area contributed by atoms with Crippen LogP contribution in [0.2, 0.25) is 0 Å². The number of imidazole rings is 1. The second kappa shape index (κ2) is 5.56. The maximum atomic E-state index is 13.1. The third-order valence-corrected chi connectivity index (χ3v) is 4.32. The molecule has 1 aromatic heterocycles. The van der Waals surface area contributed by atoms with Crippen molar-refractivity contribution in [2.24, 2.45) is 0 Å². The number of fused-ring (bicyclic) bond motifs is 1. The van der Waals surface area contributed by atoms with E-state index in [4.69, 9.17) is 0 Å². The van der Waals surface area contributed by atoms with Gasteiger partial charge in [0.2, 0.25) is 0 Å². The van der Waals surface area contributed by atoms with Crippen LogP contribution in [0.5, 0.6) is 0 Å². The smallest absolute Gasteiger partial charge is 0.260 e. The van der Waals surface area contributed by atoms with Crippen molar-refractivity contribution in [2.45, 2.75) is 0 Å². The maximum Gasteiger partial charge on any atom is 0.338 e. The molecule has 1 heterocycles. The number of aromatic nitrogens is 2. The Balaban J connectivity index is 2.14. The highest BCUT2D eigenvalue weighted by atomic mass is 79.9. The minimum Gasteiger partial charge on any atom is -0.260 e. The summed E-state index contributed by atoms with van der Waals surface area (Å²) in [5, 5.41) is 0. The van der Waals surface area contributed by atoms with Crippen LogP contribution < -0.4 is 5.69 Å². The summed E-state index contributed by atoms with van der Waals surface area (Å²) in [6, 6.07) is 25.3. The first-order chi connectivity index (χ1) is 11.3. The van der Waals surface area contributed by atoms with Crippen molar-refractivity contribution < 1.29 is 0 Å². The molecule has 3 nitrogen and oxygen atoms in total. The van der Waals surface area contributed by atoms with Crippen LogP contribution in [-0.2, 0) is 0 Å². The van der Waals surface area contributed by atoms with Crippen LogP contribution in [-0.4, -0.2) is 9.13 Å². The lowest BCUT2D eigenvalue weighted by molar-refractivity contribution is 0.931. The Labute approximate surface area is 141 Å². The summed E-state index contributed by atoms with van der Waals surface area (Å²) < 4.78 is 4.43. The van der Waals surface area contributed by atoms with Crippen molar-refractivity contribution in [1.82, 2.24) is 9.13 Å². The molecule has 4 aromatic rings. The molecule has 0 saturated heterocycles. The fraction of sp³-hybridized carbons (Fsp3) is 0. The zero-order valence-corrected chi connectivity index (χ0v) is 13.8. The number of hydrogen-bond acceptors (Lipinski definition) is 1. The van der Waals surface area contributed by atoms with Crippen molar-refractivity contribution in [1.29, 1.82) is 0 Å². The highest BCUT2D eigenvalue weighted by Crippen LogP contribution is 2.24. The average molecular weight is 365 g/mol. The highest BCUT2D eigenvalue weighted by molar-refractivity contribution is 9.10. The number of rotatable bonds is 2. The highest BCUT2D eigenvalue weighted by Gasteiger charge is 2.15. The van der Waals surface area contributed by atoms with Gasteiger partial charge in [0, 0.05) is 4.47 Å². The Morgan fingerprint density at radius 2 is 1.17 bits per heavy atom. The molecule has 0 aliphatic carbocycles. The third kappa shape index (κ3) is 2.32. The van der Waals surface area contributed by atoms with E-state index < -0.39 is 0 Å². The molecular formula is C19H13BrN2O. The average Bonchev–Trinajstić information content (AvgIpc) is 2.87. The van der Waals surface area contributed by atoms with Crippen LogP contribution in [0.1, 0.15) is 0 Å². The summed E-state index contributed by atoms with van der Waals surface area (Å²) in [5.74, 6) is 0. The van der Waals surface area contributed by atoms with Crippen molar-refractivity contribution in [3.05, 3.63) is 93.8 Å². The number of halogens is 1. The van der Waals surface area contributed by atoms with Crippen LogP contribution in [0, 0.1) is 0 Å². The monoisotopic (exact) mass is 364 g/mol. The second-order valence-corrected chi connectivity index (χ2v) is 6.17. The molecule has 4 rings (SSSR count). The Morgan fingerprint density at radius 3 is 1.74 bits per heavy atom. The molecule has 0 aliphatic heterocycles. The molecule has 0 fully saturated rings. The summed E-state index contributed by atoms with van der Waals surface area (Å²) in [6.45, 7) is 0. The van der Waals surface area contributed by atoms with Crippen molar-refractivity contribution >= 4 is 27.0 Å². The zero-order valence-electron chi connectivity index (χ0n) is 12.2. The molecule has 0 unspecified atom stereocenters. The van der Waals surface area contributed by atoms with E-state index in [1.54, 1.807) is 9.13 Å². The molecule has 0 aliphatic rings. The third-order valence-electron chi connectivity index (χ3n) is 3.83. The van der Waals surface area contributed by atoms with E-state index in [0.29, 0.717) is 0 Å². The molecule has 23 heavy (non-hydrogen) atoms. The summed E-state index contributed by atoms with van der Waals surface area (Å²) in [7, 11) is 0. The van der Waals surface area contributed by atoms with Gasteiger partial charge in [-0.2, -0.15) is 0 Å². The maximum absolute atomic E-state index is 13.1. The quantitative estimate of drug-likeness (QED) is 0.512. The van der Waals surface area contributed by atoms with E-state index in [0.717, 1.165) is 26.9 Å². The molecule has 0 spiro atoms. The van der Waals surface area contributed by atoms with Gasteiger partial charge in [0.1, 0.15) is 0 Å². The molecule has 112 valence electrons. The summed E-state index contributed by atoms with van der Waals surface area (Å²) in [5.41, 5.74) is 3.40. The standard InChI is InChI=1S/C19H13BrN2O/c20-14-11-12-17-18(13-14)22(16-9-5-2-6-10-16)19(23)21(17)15-7-3-1-4-8-15/h1-13H. The fourth-order valence-corrected chi connectivity index (χ4v) is 3.17. The second-order valence-electron chi connectivity index (χ2n) is 5.26. The summed E-state index contributed by atoms with van der Waals surface area (Å²) >= 11 is 3.50. The van der Waals surface area contributed by atoms with E-state index in [1.165, 1.54) is 0 Å². The minimum absolute atomic E-state index is 0.0736. The van der Waals surface area contributed by atoms with Gasteiger partial charge in [-0.1, -0.05) is 52.3 Å². The van der Waals surface area contributed by atoms with E-state index in [9.17, 15) is 4.79 Å². The first kappa shape index (κ1) is 14.0. The first-order valence-electron chi connectivity index (χ1n) is 7.29. The lowest BCUT2D eigenvalue weighted by atomic mass is 10.2. The molecule has 0 amide bonds. The predicted octanol–water partition coefficient (Wildman–Crippen LogP) is 4.54. The topological polar surface area (TPSA) is 26.9 Å². The lowest BCUT2D eigenvalue weighted by Gasteiger charge is -2.02. The van der Waals surface area contributed by atoms with Gasteiger partial charge in [-0.25, -0.2) is 4.79 Å². The van der Waals surface area contributed by atoms with Gasteiger partial charge in [-0.15, -0.1) is 0 Å². The Morgan fingerprint density at radius 1 is 0.652 bits per heavy atom. The Bertz CT molecular complexity index is 1030. The SMILES string of the molecule is O=c1n(-c2ccccc2)c2ccc(Br)cc2n1-c1ccccc1. The Hall–Kier alpha value is -2.59. The van der Waals surface area contributed by atoms with Gasteiger partial charge in [0.25, 0.3) is 0 Å². The predicted molar refractivity (Wildman–Crippen MR) is 96.6 cm³/mol. The zero-order chi connectivity index (χ0) is 15.8. The van der Waals surface area contributed by atoms with Crippen LogP contribution in [0.4, 0.5) is 0 Å². The molecule has 3 aromatic carbocycles. The van der Waals surface area contributed by atoms with Gasteiger partial charge >= 0.3 is 5.69 Å². The summed E-state index contributed by atoms with van der Waals surface area (Å²) in [6.07, 6.45) is 0. The lowest BCUT2D eigenvalue weighted by Crippen LogP contribution is -2.21. The largest absolute Gasteiger partial charge is 0.338 e. The van der Waals surface area contributed by atoms with Crippen molar-refractivity contribution in [3.63, 3.8) is 0 Å². The van der Waals surface area contributed by atoms with Gasteiger partial charge < -0.3 is 0 Å². The summed E-state index contributed by atoms with van der Waals surface area (Å²) in [4.78, 5) is 13.1. The fourth-order valence-electron chi connectivity index (χ4n) is 2.82. The van der Waals surface area contributed by atoms with Crippen LogP contribution in [0.25, 0.3) is 22.4 Å². The molecule has 4 heteroatoms. The first-order valence-corrected chi connectivity index (χ1v) is 8.09. The molecule has 0 saturated carbocycles. The van der Waals surface area contributed by atoms with Crippen LogP contribution in [0.3, 0.4) is 0 Å². The van der Waals surface area contributed by atoms with Gasteiger partial charge in [-0.3, -0.25) is 9.13 Å². The molecule has 0 bridgehead atoms. The van der Waals surface area contributed by atoms with E-state index in [1.807, 2.05) is 78.9 Å². The number of para-hydroxylation sites is 2. The van der Waals surface area contributed by atoms with Crippen LogP contribution >= 0.6 is 15.9 Å². The van der Waals surface area contributed by atoms with E-state index >= 15 is 0 Å². The Kier molecular flexibility index (Phi) is 3.39. The van der Waals surface area contributed by atoms with Gasteiger partial charge in [-0.05, 0) is 42.5 Å². The number of nitrogens with zero attached hydrogens (tertiary/aromatic N) is 2. The van der Waals surface area contributed by atoms with E-state index in [2.05, 4.69) is 15.9 Å². The minimum atomic E-state index is -0.0736. The van der Waals surface area contributed by atoms with Gasteiger partial charge in [0.15, 0.2) is 0 Å². The molecule has 0 atom stereocenters. The normalized spacial score (nSPS) is 11.0. The van der Waals surface area contributed by atoms with Crippen LogP contribution in [0.15, 0.2) is 88.1 Å².